The Morgan fingerprint density at radius 3 is 2.95 bits per heavy atom. The van der Waals surface area contributed by atoms with Crippen molar-refractivity contribution in [1.82, 2.24) is 10.3 Å². The lowest BCUT2D eigenvalue weighted by molar-refractivity contribution is 0.254. The number of allylic oxidation sites excluding steroid dienone is 4. The van der Waals surface area contributed by atoms with Gasteiger partial charge in [-0.2, -0.15) is 0 Å². The van der Waals surface area contributed by atoms with Crippen LogP contribution in [0.1, 0.15) is 6.92 Å². The average molecular weight is 267 g/mol. The van der Waals surface area contributed by atoms with Gasteiger partial charge in [-0.25, -0.2) is 4.79 Å². The number of fused-ring (bicyclic) bond motifs is 1. The Bertz CT molecular complexity index is 680. The summed E-state index contributed by atoms with van der Waals surface area (Å²) in [5.41, 5.74) is 2.38. The van der Waals surface area contributed by atoms with Gasteiger partial charge in [0.1, 0.15) is 0 Å². The van der Waals surface area contributed by atoms with Crippen molar-refractivity contribution in [2.45, 2.75) is 6.92 Å². The highest BCUT2D eigenvalue weighted by molar-refractivity contribution is 6.01. The van der Waals surface area contributed by atoms with Crippen molar-refractivity contribution in [3.05, 3.63) is 67.0 Å². The molecule has 2 rings (SSSR count). The summed E-state index contributed by atoms with van der Waals surface area (Å²) in [6.45, 7) is 5.57. The Hall–Kier alpha value is -2.75. The van der Waals surface area contributed by atoms with Gasteiger partial charge in [0.15, 0.2) is 0 Å². The van der Waals surface area contributed by atoms with Crippen LogP contribution in [-0.2, 0) is 0 Å². The third-order valence-electron chi connectivity index (χ3n) is 2.79. The predicted molar refractivity (Wildman–Crippen MR) is 83.5 cm³/mol. The molecular weight excluding hydrogens is 250 g/mol. The highest BCUT2D eigenvalue weighted by Crippen LogP contribution is 2.21. The van der Waals surface area contributed by atoms with Crippen LogP contribution in [0.4, 0.5) is 10.5 Å². The second kappa shape index (κ2) is 6.43. The number of aromatic amines is 1. The number of hydrogen-bond acceptors (Lipinski definition) is 1. The highest BCUT2D eigenvalue weighted by atomic mass is 16.2. The minimum atomic E-state index is -0.297. The van der Waals surface area contributed by atoms with Crippen LogP contribution in [0.5, 0.6) is 0 Å². The van der Waals surface area contributed by atoms with Crippen LogP contribution >= 0.6 is 0 Å². The largest absolute Gasteiger partial charge is 0.361 e. The normalized spacial score (nSPS) is 11.8. The van der Waals surface area contributed by atoms with E-state index in [0.717, 1.165) is 16.6 Å². The van der Waals surface area contributed by atoms with Gasteiger partial charge in [-0.3, -0.25) is 0 Å². The number of benzene rings is 1. The molecule has 1 aromatic heterocycles. The molecule has 20 heavy (non-hydrogen) atoms. The monoisotopic (exact) mass is 267 g/mol. The first-order chi connectivity index (χ1) is 9.74. The van der Waals surface area contributed by atoms with Crippen LogP contribution in [-0.4, -0.2) is 11.0 Å². The van der Waals surface area contributed by atoms with Crippen LogP contribution in [0.2, 0.25) is 0 Å². The summed E-state index contributed by atoms with van der Waals surface area (Å²) in [5.74, 6) is 0. The van der Waals surface area contributed by atoms with Gasteiger partial charge in [-0.05, 0) is 37.3 Å². The number of nitrogens with one attached hydrogen (secondary N) is 3. The third-order valence-corrected chi connectivity index (χ3v) is 2.79. The number of carbonyl (C=O) groups excluding carboxylic acids is 1. The maximum absolute atomic E-state index is 12.0. The van der Waals surface area contributed by atoms with Crippen LogP contribution in [0, 0.1) is 0 Å². The van der Waals surface area contributed by atoms with Gasteiger partial charge < -0.3 is 15.6 Å². The molecule has 1 heterocycles. The molecule has 4 heteroatoms. The molecule has 0 bridgehead atoms. The average Bonchev–Trinajstić information content (AvgIpc) is 2.93. The van der Waals surface area contributed by atoms with E-state index in [2.05, 4.69) is 22.2 Å². The van der Waals surface area contributed by atoms with Crippen LogP contribution in [0.15, 0.2) is 67.0 Å². The quantitative estimate of drug-likeness (QED) is 0.722. The van der Waals surface area contributed by atoms with Gasteiger partial charge >= 0.3 is 6.03 Å². The molecular formula is C16H17N3O. The number of hydrogen-bond donors (Lipinski definition) is 3. The molecule has 1 aromatic carbocycles. The van der Waals surface area contributed by atoms with Gasteiger partial charge in [0.2, 0.25) is 0 Å². The van der Waals surface area contributed by atoms with Crippen molar-refractivity contribution in [2.24, 2.45) is 0 Å². The van der Waals surface area contributed by atoms with Gasteiger partial charge in [-0.1, -0.05) is 24.8 Å². The lowest BCUT2D eigenvalue weighted by Crippen LogP contribution is -2.27. The van der Waals surface area contributed by atoms with E-state index >= 15 is 0 Å². The summed E-state index contributed by atoms with van der Waals surface area (Å²) in [6, 6.07) is 7.33. The van der Waals surface area contributed by atoms with E-state index in [1.807, 2.05) is 49.5 Å². The molecule has 0 saturated carbocycles. The number of amides is 2. The molecule has 0 saturated heterocycles. The fourth-order valence-electron chi connectivity index (χ4n) is 1.84. The van der Waals surface area contributed by atoms with E-state index in [-0.39, 0.29) is 6.03 Å². The third kappa shape index (κ3) is 3.17. The van der Waals surface area contributed by atoms with Crippen molar-refractivity contribution in [3.8, 4) is 0 Å². The summed E-state index contributed by atoms with van der Waals surface area (Å²) in [5, 5.41) is 6.54. The van der Waals surface area contributed by atoms with Gasteiger partial charge in [-0.15, -0.1) is 0 Å². The maximum atomic E-state index is 12.0. The van der Waals surface area contributed by atoms with Gasteiger partial charge in [0, 0.05) is 22.8 Å². The van der Waals surface area contributed by atoms with Gasteiger partial charge in [0.25, 0.3) is 0 Å². The van der Waals surface area contributed by atoms with Crippen molar-refractivity contribution >= 4 is 22.6 Å². The minimum absolute atomic E-state index is 0.297. The Balaban J connectivity index is 2.12. The summed E-state index contributed by atoms with van der Waals surface area (Å²) in [6.07, 6.45) is 8.93. The van der Waals surface area contributed by atoms with Crippen molar-refractivity contribution < 1.29 is 4.79 Å². The fraction of sp³-hybridized carbons (Fsp3) is 0.0625. The lowest BCUT2D eigenvalue weighted by atomic mass is 10.2. The summed E-state index contributed by atoms with van der Waals surface area (Å²) in [7, 11) is 0. The smallest absolute Gasteiger partial charge is 0.323 e. The number of anilines is 1. The zero-order valence-corrected chi connectivity index (χ0v) is 11.3. The fourth-order valence-corrected chi connectivity index (χ4v) is 1.84. The van der Waals surface area contributed by atoms with E-state index < -0.39 is 0 Å². The molecule has 3 N–H and O–H groups in total. The number of urea groups is 1. The van der Waals surface area contributed by atoms with Crippen LogP contribution in [0.3, 0.4) is 0 Å². The maximum Gasteiger partial charge on any atom is 0.323 e. The number of carbonyl (C=O) groups is 1. The van der Waals surface area contributed by atoms with E-state index in [4.69, 9.17) is 0 Å². The number of H-pyrrole nitrogens is 1. The molecule has 0 aliphatic rings. The van der Waals surface area contributed by atoms with E-state index in [1.54, 1.807) is 12.2 Å². The van der Waals surface area contributed by atoms with Crippen LogP contribution in [0.25, 0.3) is 10.9 Å². The molecule has 0 aliphatic heterocycles. The Morgan fingerprint density at radius 1 is 1.35 bits per heavy atom. The molecule has 2 aromatic rings. The van der Waals surface area contributed by atoms with Crippen molar-refractivity contribution in [3.63, 3.8) is 0 Å². The first-order valence-electron chi connectivity index (χ1n) is 6.34. The second-order valence-electron chi connectivity index (χ2n) is 4.18. The Morgan fingerprint density at radius 2 is 2.20 bits per heavy atom. The van der Waals surface area contributed by atoms with E-state index in [9.17, 15) is 4.79 Å². The first kappa shape index (κ1) is 13.7. The summed E-state index contributed by atoms with van der Waals surface area (Å²) < 4.78 is 0. The summed E-state index contributed by atoms with van der Waals surface area (Å²) >= 11 is 0. The second-order valence-corrected chi connectivity index (χ2v) is 4.18. The zero-order chi connectivity index (χ0) is 14.4. The molecule has 4 nitrogen and oxygen atoms in total. The van der Waals surface area contributed by atoms with Gasteiger partial charge in [0.05, 0.1) is 5.69 Å². The topological polar surface area (TPSA) is 56.9 Å². The molecule has 0 aliphatic carbocycles. The predicted octanol–water partition coefficient (Wildman–Crippen LogP) is 3.94. The lowest BCUT2D eigenvalue weighted by Gasteiger charge is -2.08. The minimum Gasteiger partial charge on any atom is -0.361 e. The Kier molecular flexibility index (Phi) is 4.39. The first-order valence-corrected chi connectivity index (χ1v) is 6.34. The van der Waals surface area contributed by atoms with Crippen molar-refractivity contribution in [1.29, 1.82) is 0 Å². The molecule has 0 radical (unpaired) electrons. The SMILES string of the molecule is C=C/C(=C\C=C/C)NC(=O)Nc1cccc2[nH]ccc12. The standard InChI is InChI=1S/C16H17N3O/c1-3-5-7-12(4-2)18-16(20)19-15-9-6-8-14-13(15)10-11-17-14/h3-11,17H,2H2,1H3,(H2,18,19,20)/b5-3-,12-7+. The van der Waals surface area contributed by atoms with Crippen molar-refractivity contribution in [2.75, 3.05) is 5.32 Å². The zero-order valence-electron chi connectivity index (χ0n) is 11.3. The molecule has 2 amide bonds. The van der Waals surface area contributed by atoms with E-state index in [0.29, 0.717) is 5.70 Å². The summed E-state index contributed by atoms with van der Waals surface area (Å²) in [4.78, 5) is 15.1. The van der Waals surface area contributed by atoms with Crippen LogP contribution < -0.4 is 10.6 Å². The Labute approximate surface area is 117 Å². The molecule has 0 atom stereocenters. The number of rotatable bonds is 4. The molecule has 0 spiro atoms. The number of aromatic nitrogens is 1. The molecule has 0 fully saturated rings. The highest BCUT2D eigenvalue weighted by Gasteiger charge is 2.06. The van der Waals surface area contributed by atoms with E-state index in [1.165, 1.54) is 0 Å². The molecule has 0 unspecified atom stereocenters. The molecule has 102 valence electrons.